The van der Waals surface area contributed by atoms with Gasteiger partial charge in [0.05, 0.1) is 42.1 Å². The lowest BCUT2D eigenvalue weighted by Crippen LogP contribution is -2.43. The van der Waals surface area contributed by atoms with Crippen LogP contribution in [0.1, 0.15) is 65.9 Å². The Labute approximate surface area is 293 Å². The van der Waals surface area contributed by atoms with Crippen LogP contribution in [0.5, 0.6) is 0 Å². The van der Waals surface area contributed by atoms with Crippen molar-refractivity contribution in [2.24, 2.45) is 27.3 Å². The predicted octanol–water partition coefficient (Wildman–Crippen LogP) is 6.52. The summed E-state index contributed by atoms with van der Waals surface area (Å²) in [4.78, 5) is 58.6. The van der Waals surface area contributed by atoms with E-state index in [2.05, 4.69) is 24.4 Å². The summed E-state index contributed by atoms with van der Waals surface area (Å²) < 4.78 is 20.8. The van der Waals surface area contributed by atoms with E-state index in [1.165, 1.54) is 13.3 Å². The largest absolute Gasteiger partial charge is 0.469 e. The van der Waals surface area contributed by atoms with Gasteiger partial charge in [-0.1, -0.05) is 60.6 Å². The molecular formula is C39H49NO10. The summed E-state index contributed by atoms with van der Waals surface area (Å²) in [5, 5.41) is 17.4. The van der Waals surface area contributed by atoms with Crippen LogP contribution in [0.25, 0.3) is 21.5 Å². The van der Waals surface area contributed by atoms with Crippen LogP contribution < -0.4 is 0 Å². The molecule has 1 heterocycles. The van der Waals surface area contributed by atoms with Gasteiger partial charge in [0.1, 0.15) is 12.7 Å². The normalized spacial score (nSPS) is 17.1. The average Bonchev–Trinajstić information content (AvgIpc) is 3.95. The zero-order valence-electron chi connectivity index (χ0n) is 29.9. The Bertz CT molecular complexity index is 1640. The highest BCUT2D eigenvalue weighted by Crippen LogP contribution is 2.45. The van der Waals surface area contributed by atoms with Crippen LogP contribution in [-0.2, 0) is 43.0 Å². The molecule has 4 rings (SSSR count). The second kappa shape index (κ2) is 17.4. The number of carbonyl (C=O) groups is 4. The van der Waals surface area contributed by atoms with E-state index in [1.54, 1.807) is 34.6 Å². The lowest BCUT2D eigenvalue weighted by atomic mass is 9.66. The maximum absolute atomic E-state index is 13.6. The number of rotatable bonds is 16. The van der Waals surface area contributed by atoms with Crippen molar-refractivity contribution < 1.29 is 48.1 Å². The van der Waals surface area contributed by atoms with Gasteiger partial charge in [-0.25, -0.2) is 4.79 Å². The number of nitrogens with zero attached hydrogens (tertiary/aromatic N) is 1. The molecule has 0 saturated carbocycles. The van der Waals surface area contributed by atoms with Crippen molar-refractivity contribution >= 4 is 51.6 Å². The van der Waals surface area contributed by atoms with Crippen molar-refractivity contribution in [3.8, 4) is 0 Å². The Morgan fingerprint density at radius 2 is 1.50 bits per heavy atom. The molecule has 4 unspecified atom stereocenters. The number of epoxide rings is 1. The summed E-state index contributed by atoms with van der Waals surface area (Å²) in [6.07, 6.45) is 1.38. The molecule has 3 aromatic rings. The SMILES string of the molecule is C=C.CCC(C)(CC(C)(CC(CC(C)(C)C(=O)O/N=C/c1c2ccccc2cc2ccccc12)C(=O)OCO)C(=O)OCC1CO1)C(=O)OC. The molecule has 0 spiro atoms. The molecule has 270 valence electrons. The van der Waals surface area contributed by atoms with Crippen LogP contribution in [0.3, 0.4) is 0 Å². The van der Waals surface area contributed by atoms with Crippen molar-refractivity contribution in [1.82, 2.24) is 0 Å². The van der Waals surface area contributed by atoms with E-state index in [0.29, 0.717) is 13.0 Å². The first-order chi connectivity index (χ1) is 23.8. The smallest absolute Gasteiger partial charge is 0.340 e. The number of esters is 3. The summed E-state index contributed by atoms with van der Waals surface area (Å²) in [7, 11) is 1.27. The van der Waals surface area contributed by atoms with Crippen LogP contribution in [-0.4, -0.2) is 68.4 Å². The Kier molecular flexibility index (Phi) is 13.8. The van der Waals surface area contributed by atoms with Crippen molar-refractivity contribution in [3.05, 3.63) is 73.3 Å². The minimum atomic E-state index is -1.39. The van der Waals surface area contributed by atoms with Gasteiger partial charge in [0, 0.05) is 5.56 Å². The first kappa shape index (κ1) is 39.8. The molecule has 1 aliphatic rings. The quantitative estimate of drug-likeness (QED) is 0.0203. The molecule has 1 fully saturated rings. The monoisotopic (exact) mass is 691 g/mol. The summed E-state index contributed by atoms with van der Waals surface area (Å²) >= 11 is 0. The number of methoxy groups -OCH3 is 1. The molecule has 1 aliphatic heterocycles. The number of hydrogen-bond donors (Lipinski definition) is 1. The number of fused-ring (bicyclic) bond motifs is 2. The molecule has 3 aromatic carbocycles. The summed E-state index contributed by atoms with van der Waals surface area (Å²) in [5.74, 6) is -3.74. The van der Waals surface area contributed by atoms with Crippen LogP contribution >= 0.6 is 0 Å². The molecule has 0 aromatic heterocycles. The van der Waals surface area contributed by atoms with E-state index in [9.17, 15) is 24.3 Å². The van der Waals surface area contributed by atoms with Crippen LogP contribution in [0.4, 0.5) is 0 Å². The number of oxime groups is 1. The van der Waals surface area contributed by atoms with Gasteiger partial charge in [0.15, 0.2) is 6.79 Å². The molecule has 11 nitrogen and oxygen atoms in total. The maximum Gasteiger partial charge on any atom is 0.340 e. The van der Waals surface area contributed by atoms with E-state index in [4.69, 9.17) is 23.8 Å². The summed E-state index contributed by atoms with van der Waals surface area (Å²) in [6, 6.07) is 17.8. The number of carbonyl (C=O) groups excluding carboxylic acids is 4. The number of aliphatic hydroxyl groups excluding tert-OH is 1. The summed E-state index contributed by atoms with van der Waals surface area (Å²) in [5.41, 5.74) is -2.98. The van der Waals surface area contributed by atoms with Gasteiger partial charge in [0.25, 0.3) is 0 Å². The fourth-order valence-electron chi connectivity index (χ4n) is 6.29. The van der Waals surface area contributed by atoms with Gasteiger partial charge in [-0.15, -0.1) is 13.2 Å². The van der Waals surface area contributed by atoms with Gasteiger partial charge >= 0.3 is 23.9 Å². The molecule has 0 radical (unpaired) electrons. The second-order valence-electron chi connectivity index (χ2n) is 13.6. The van der Waals surface area contributed by atoms with Gasteiger partial charge in [0.2, 0.25) is 0 Å². The number of ether oxygens (including phenoxy) is 4. The van der Waals surface area contributed by atoms with Gasteiger partial charge < -0.3 is 28.9 Å². The van der Waals surface area contributed by atoms with Crippen molar-refractivity contribution in [2.45, 2.75) is 66.4 Å². The zero-order valence-corrected chi connectivity index (χ0v) is 29.9. The van der Waals surface area contributed by atoms with E-state index < -0.39 is 52.8 Å². The van der Waals surface area contributed by atoms with Gasteiger partial charge in [-0.05, 0) is 81.0 Å². The Balaban J connectivity index is 0.00000332. The van der Waals surface area contributed by atoms with Crippen LogP contribution in [0.2, 0.25) is 0 Å². The Morgan fingerprint density at radius 1 is 0.920 bits per heavy atom. The fourth-order valence-corrected chi connectivity index (χ4v) is 6.29. The van der Waals surface area contributed by atoms with Crippen molar-refractivity contribution in [3.63, 3.8) is 0 Å². The first-order valence-corrected chi connectivity index (χ1v) is 16.6. The highest BCUT2D eigenvalue weighted by atomic mass is 16.7. The van der Waals surface area contributed by atoms with Gasteiger partial charge in [-0.3, -0.25) is 14.4 Å². The third kappa shape index (κ3) is 9.76. The Hall–Kier alpha value is -4.61. The predicted molar refractivity (Wildman–Crippen MR) is 190 cm³/mol. The lowest BCUT2D eigenvalue weighted by molar-refractivity contribution is -0.168. The number of benzene rings is 3. The standard InChI is InChI=1S/C37H45NO10.C2H4/c1-7-36(4,33(42)44-6)22-37(5,34(43)46-21-27-20-45-27)18-26(31(40)47-23-39)17-35(2,3)32(41)48-38-19-30-28-14-10-8-12-24(28)16-25-13-9-11-15-29(25)30;1-2/h8-16,19,26-27,39H,7,17-18,20-23H2,1-6H3;1-2H2/b38-19+;. The van der Waals surface area contributed by atoms with E-state index >= 15 is 0 Å². The number of hydrogen-bond acceptors (Lipinski definition) is 11. The van der Waals surface area contributed by atoms with E-state index in [0.717, 1.165) is 27.1 Å². The topological polar surface area (TPSA) is 150 Å². The second-order valence-corrected chi connectivity index (χ2v) is 13.6. The third-order valence-corrected chi connectivity index (χ3v) is 9.21. The fraction of sp³-hybridized carbons (Fsp3) is 0.462. The highest BCUT2D eigenvalue weighted by Gasteiger charge is 2.49. The minimum Gasteiger partial charge on any atom is -0.469 e. The Morgan fingerprint density at radius 3 is 2.02 bits per heavy atom. The summed E-state index contributed by atoms with van der Waals surface area (Å²) in [6.45, 7) is 13.9. The lowest BCUT2D eigenvalue weighted by Gasteiger charge is -2.38. The first-order valence-electron chi connectivity index (χ1n) is 16.6. The van der Waals surface area contributed by atoms with Crippen LogP contribution in [0.15, 0.2) is 72.9 Å². The molecule has 1 N–H and O–H groups in total. The van der Waals surface area contributed by atoms with Crippen molar-refractivity contribution in [1.29, 1.82) is 0 Å². The van der Waals surface area contributed by atoms with Crippen LogP contribution in [0, 0.1) is 22.2 Å². The average molecular weight is 692 g/mol. The molecule has 0 aliphatic carbocycles. The highest BCUT2D eigenvalue weighted by molar-refractivity contribution is 6.13. The third-order valence-electron chi connectivity index (χ3n) is 9.21. The molecular weight excluding hydrogens is 642 g/mol. The van der Waals surface area contributed by atoms with E-state index in [1.807, 2.05) is 48.5 Å². The molecule has 0 amide bonds. The van der Waals surface area contributed by atoms with Crippen molar-refractivity contribution in [2.75, 3.05) is 27.1 Å². The zero-order chi connectivity index (χ0) is 37.1. The molecule has 0 bridgehead atoms. The molecule has 50 heavy (non-hydrogen) atoms. The molecule has 11 heteroatoms. The molecule has 1 saturated heterocycles. The minimum absolute atomic E-state index is 0.00933. The maximum atomic E-state index is 13.6. The number of aliphatic hydroxyl groups is 1. The molecule has 4 atom stereocenters. The van der Waals surface area contributed by atoms with Gasteiger partial charge in [-0.2, -0.15) is 0 Å². The van der Waals surface area contributed by atoms with E-state index in [-0.39, 0.29) is 32.0 Å².